The van der Waals surface area contributed by atoms with Crippen LogP contribution in [0.2, 0.25) is 0 Å². The molecule has 1 nitrogen and oxygen atoms in total. The molecule has 1 N–H and O–H groups in total. The van der Waals surface area contributed by atoms with Gasteiger partial charge in [-0.25, -0.2) is 13.2 Å². The van der Waals surface area contributed by atoms with Crippen LogP contribution in [0.15, 0.2) is 12.1 Å². The standard InChI is InChI=1S/C15H20F3N/c1-10-5-3-2-4-6-15(10)19-9-11-7-13(17)14(18)8-12(11)16/h7-8,10,15,19H,2-6,9H2,1H3. The Labute approximate surface area is 112 Å². The highest BCUT2D eigenvalue weighted by atomic mass is 19.2. The molecule has 2 unspecified atom stereocenters. The van der Waals surface area contributed by atoms with Gasteiger partial charge in [-0.1, -0.05) is 26.2 Å². The zero-order valence-corrected chi connectivity index (χ0v) is 11.2. The smallest absolute Gasteiger partial charge is 0.161 e. The molecule has 0 saturated heterocycles. The van der Waals surface area contributed by atoms with Gasteiger partial charge >= 0.3 is 0 Å². The van der Waals surface area contributed by atoms with E-state index >= 15 is 0 Å². The molecule has 1 saturated carbocycles. The monoisotopic (exact) mass is 271 g/mol. The number of nitrogens with one attached hydrogen (secondary N) is 1. The lowest BCUT2D eigenvalue weighted by Crippen LogP contribution is -2.34. The van der Waals surface area contributed by atoms with Crippen molar-refractivity contribution >= 4 is 0 Å². The molecule has 0 aliphatic heterocycles. The minimum atomic E-state index is -1.14. The van der Waals surface area contributed by atoms with Crippen molar-refractivity contribution in [1.29, 1.82) is 0 Å². The summed E-state index contributed by atoms with van der Waals surface area (Å²) in [6.07, 6.45) is 5.87. The summed E-state index contributed by atoms with van der Waals surface area (Å²) < 4.78 is 39.4. The van der Waals surface area contributed by atoms with E-state index in [-0.39, 0.29) is 12.1 Å². The van der Waals surface area contributed by atoms with E-state index in [1.165, 1.54) is 19.3 Å². The molecule has 1 aliphatic carbocycles. The maximum absolute atomic E-state index is 13.5. The molecule has 1 fully saturated rings. The van der Waals surface area contributed by atoms with E-state index in [9.17, 15) is 13.2 Å². The summed E-state index contributed by atoms with van der Waals surface area (Å²) >= 11 is 0. The molecule has 4 heteroatoms. The Hall–Kier alpha value is -1.03. The Morgan fingerprint density at radius 3 is 2.47 bits per heavy atom. The van der Waals surface area contributed by atoms with Gasteiger partial charge in [0.2, 0.25) is 0 Å². The van der Waals surface area contributed by atoms with Gasteiger partial charge in [0.25, 0.3) is 0 Å². The molecule has 1 aliphatic rings. The molecular formula is C15H20F3N. The van der Waals surface area contributed by atoms with Gasteiger partial charge in [0.15, 0.2) is 11.6 Å². The Morgan fingerprint density at radius 2 is 1.68 bits per heavy atom. The van der Waals surface area contributed by atoms with Crippen LogP contribution in [0.1, 0.15) is 44.6 Å². The minimum Gasteiger partial charge on any atom is -0.310 e. The first-order valence-electron chi connectivity index (χ1n) is 6.94. The van der Waals surface area contributed by atoms with Crippen LogP contribution in [-0.2, 0) is 6.54 Å². The molecule has 1 aromatic rings. The summed E-state index contributed by atoms with van der Waals surface area (Å²) in [6.45, 7) is 2.43. The minimum absolute atomic E-state index is 0.190. The maximum Gasteiger partial charge on any atom is 0.161 e. The molecule has 0 spiro atoms. The van der Waals surface area contributed by atoms with Crippen LogP contribution in [0.4, 0.5) is 13.2 Å². The predicted molar refractivity (Wildman–Crippen MR) is 69.2 cm³/mol. The number of hydrogen-bond acceptors (Lipinski definition) is 1. The van der Waals surface area contributed by atoms with Crippen molar-refractivity contribution < 1.29 is 13.2 Å². The molecule has 0 bridgehead atoms. The van der Waals surface area contributed by atoms with Crippen molar-refractivity contribution in [1.82, 2.24) is 5.32 Å². The van der Waals surface area contributed by atoms with Crippen LogP contribution in [0.5, 0.6) is 0 Å². The van der Waals surface area contributed by atoms with Crippen LogP contribution in [-0.4, -0.2) is 6.04 Å². The van der Waals surface area contributed by atoms with Crippen LogP contribution in [0, 0.1) is 23.4 Å². The van der Waals surface area contributed by atoms with Crippen molar-refractivity contribution in [2.24, 2.45) is 5.92 Å². The topological polar surface area (TPSA) is 12.0 Å². The summed E-state index contributed by atoms with van der Waals surface area (Å²) in [5, 5.41) is 3.29. The first-order valence-corrected chi connectivity index (χ1v) is 6.94. The van der Waals surface area contributed by atoms with Gasteiger partial charge in [-0.3, -0.25) is 0 Å². The summed E-state index contributed by atoms with van der Waals surface area (Å²) in [7, 11) is 0. The van der Waals surface area contributed by atoms with E-state index in [0.29, 0.717) is 18.0 Å². The largest absolute Gasteiger partial charge is 0.310 e. The van der Waals surface area contributed by atoms with Gasteiger partial charge < -0.3 is 5.32 Å². The second-order valence-corrected chi connectivity index (χ2v) is 5.46. The molecule has 0 radical (unpaired) electrons. The van der Waals surface area contributed by atoms with Gasteiger partial charge in [0, 0.05) is 24.2 Å². The summed E-state index contributed by atoms with van der Waals surface area (Å²) in [4.78, 5) is 0. The van der Waals surface area contributed by atoms with E-state index in [4.69, 9.17) is 0 Å². The Bertz CT molecular complexity index is 434. The van der Waals surface area contributed by atoms with Gasteiger partial charge in [-0.05, 0) is 24.8 Å². The average Bonchev–Trinajstić information content (AvgIpc) is 2.57. The van der Waals surface area contributed by atoms with E-state index in [1.807, 2.05) is 0 Å². The van der Waals surface area contributed by atoms with E-state index in [1.54, 1.807) is 0 Å². The average molecular weight is 271 g/mol. The normalized spacial score (nSPS) is 24.2. The number of benzene rings is 1. The van der Waals surface area contributed by atoms with Gasteiger partial charge in [-0.15, -0.1) is 0 Å². The van der Waals surface area contributed by atoms with Crippen LogP contribution >= 0.6 is 0 Å². The highest BCUT2D eigenvalue weighted by molar-refractivity contribution is 5.20. The lowest BCUT2D eigenvalue weighted by atomic mass is 9.97. The Balaban J connectivity index is 1.99. The van der Waals surface area contributed by atoms with Crippen molar-refractivity contribution in [3.63, 3.8) is 0 Å². The van der Waals surface area contributed by atoms with Gasteiger partial charge in [0.05, 0.1) is 0 Å². The SMILES string of the molecule is CC1CCCCCC1NCc1cc(F)c(F)cc1F. The summed E-state index contributed by atoms with van der Waals surface area (Å²) in [5.74, 6) is -2.28. The molecule has 0 aromatic heterocycles. The van der Waals surface area contributed by atoms with Crippen molar-refractivity contribution in [2.45, 2.75) is 51.6 Å². The third kappa shape index (κ3) is 3.72. The molecule has 2 rings (SSSR count). The molecule has 0 amide bonds. The fourth-order valence-electron chi connectivity index (χ4n) is 2.74. The molecule has 106 valence electrons. The van der Waals surface area contributed by atoms with E-state index in [0.717, 1.165) is 18.9 Å². The van der Waals surface area contributed by atoms with E-state index < -0.39 is 17.5 Å². The maximum atomic E-state index is 13.5. The fourth-order valence-corrected chi connectivity index (χ4v) is 2.74. The Morgan fingerprint density at radius 1 is 1.00 bits per heavy atom. The van der Waals surface area contributed by atoms with Crippen LogP contribution in [0.25, 0.3) is 0 Å². The Kier molecular flexibility index (Phi) is 4.86. The molecule has 1 aromatic carbocycles. The number of hydrogen-bond donors (Lipinski definition) is 1. The van der Waals surface area contributed by atoms with Crippen molar-refractivity contribution in [2.75, 3.05) is 0 Å². The third-order valence-corrected chi connectivity index (χ3v) is 4.01. The van der Waals surface area contributed by atoms with Crippen LogP contribution in [0.3, 0.4) is 0 Å². The van der Waals surface area contributed by atoms with Gasteiger partial charge in [-0.2, -0.15) is 0 Å². The summed E-state index contributed by atoms with van der Waals surface area (Å²) in [6, 6.07) is 1.89. The van der Waals surface area contributed by atoms with E-state index in [2.05, 4.69) is 12.2 Å². The van der Waals surface area contributed by atoms with Crippen molar-refractivity contribution in [3.8, 4) is 0 Å². The molecule has 19 heavy (non-hydrogen) atoms. The first-order chi connectivity index (χ1) is 9.08. The predicted octanol–water partition coefficient (Wildman–Crippen LogP) is 4.16. The number of rotatable bonds is 3. The highest BCUT2D eigenvalue weighted by Gasteiger charge is 2.20. The van der Waals surface area contributed by atoms with Crippen LogP contribution < -0.4 is 5.32 Å². The first kappa shape index (κ1) is 14.4. The lowest BCUT2D eigenvalue weighted by Gasteiger charge is -2.23. The fraction of sp³-hybridized carbons (Fsp3) is 0.600. The highest BCUT2D eigenvalue weighted by Crippen LogP contribution is 2.23. The molecule has 0 heterocycles. The second-order valence-electron chi connectivity index (χ2n) is 5.46. The zero-order valence-electron chi connectivity index (χ0n) is 11.2. The quantitative estimate of drug-likeness (QED) is 0.643. The number of halogens is 3. The molecular weight excluding hydrogens is 251 g/mol. The van der Waals surface area contributed by atoms with Gasteiger partial charge in [0.1, 0.15) is 5.82 Å². The second kappa shape index (κ2) is 6.42. The third-order valence-electron chi connectivity index (χ3n) is 4.01. The zero-order chi connectivity index (χ0) is 13.8. The summed E-state index contributed by atoms with van der Waals surface area (Å²) in [5.41, 5.74) is 0.190. The molecule has 2 atom stereocenters. The van der Waals surface area contributed by atoms with Crippen molar-refractivity contribution in [3.05, 3.63) is 35.1 Å². The lowest BCUT2D eigenvalue weighted by molar-refractivity contribution is 0.353.